The van der Waals surface area contributed by atoms with Crippen LogP contribution in [0.3, 0.4) is 0 Å². The molecular weight excluding hydrogens is 312 g/mol. The fraction of sp³-hybridized carbons (Fsp3) is 0.429. The number of carbonyl (C=O) groups excluding carboxylic acids is 2. The fourth-order valence-electron chi connectivity index (χ4n) is 1.62. The van der Waals surface area contributed by atoms with Crippen molar-refractivity contribution in [3.63, 3.8) is 0 Å². The first-order valence-corrected chi connectivity index (χ1v) is 7.24. The van der Waals surface area contributed by atoms with Crippen LogP contribution in [0.4, 0.5) is 0 Å². The highest BCUT2D eigenvalue weighted by molar-refractivity contribution is 9.08. The molecule has 4 nitrogen and oxygen atoms in total. The Hall–Kier alpha value is -1.36. The van der Waals surface area contributed by atoms with Gasteiger partial charge in [0.1, 0.15) is 0 Å². The molecule has 5 heteroatoms. The summed E-state index contributed by atoms with van der Waals surface area (Å²) in [7, 11) is 0. The summed E-state index contributed by atoms with van der Waals surface area (Å²) in [4.78, 5) is 23.8. The van der Waals surface area contributed by atoms with Crippen molar-refractivity contribution in [1.82, 2.24) is 0 Å². The quantitative estimate of drug-likeness (QED) is 0.457. The van der Waals surface area contributed by atoms with Gasteiger partial charge in [0.2, 0.25) is 0 Å². The molecule has 0 saturated heterocycles. The zero-order valence-corrected chi connectivity index (χ0v) is 12.6. The lowest BCUT2D eigenvalue weighted by atomic mass is 9.98. The summed E-state index contributed by atoms with van der Waals surface area (Å²) < 4.78 is 9.87. The average Bonchev–Trinajstić information content (AvgIpc) is 2.40. The molecule has 0 unspecified atom stereocenters. The third-order valence-corrected chi connectivity index (χ3v) is 3.16. The first-order chi connectivity index (χ1) is 9.13. The van der Waals surface area contributed by atoms with Crippen molar-refractivity contribution in [2.75, 3.05) is 13.2 Å². The van der Waals surface area contributed by atoms with Gasteiger partial charge in [-0.3, -0.25) is 9.59 Å². The molecule has 19 heavy (non-hydrogen) atoms. The topological polar surface area (TPSA) is 52.6 Å². The average molecular weight is 329 g/mol. The van der Waals surface area contributed by atoms with E-state index in [1.54, 1.807) is 26.0 Å². The van der Waals surface area contributed by atoms with Crippen LogP contribution < -0.4 is 0 Å². The lowest BCUT2D eigenvalue weighted by molar-refractivity contribution is -0.156. The number of carbonyl (C=O) groups is 2. The van der Waals surface area contributed by atoms with E-state index in [0.717, 1.165) is 10.9 Å². The number of rotatable bonds is 6. The highest BCUT2D eigenvalue weighted by atomic mass is 79.9. The van der Waals surface area contributed by atoms with Crippen LogP contribution in [0.2, 0.25) is 0 Å². The molecule has 0 N–H and O–H groups in total. The molecule has 1 aromatic rings. The smallest absolute Gasteiger partial charge is 0.324 e. The molecule has 0 aromatic heterocycles. The highest BCUT2D eigenvalue weighted by Gasteiger charge is 2.31. The summed E-state index contributed by atoms with van der Waals surface area (Å²) in [5, 5.41) is 0.719. The standard InChI is InChI=1S/C14H17BrO4/c1-3-18-13(16)12(14(17)19-4-2)11-7-5-10(9-15)6-8-11/h5-8,12H,3-4,9H2,1-2H3. The summed E-state index contributed by atoms with van der Waals surface area (Å²) >= 11 is 3.34. The summed E-state index contributed by atoms with van der Waals surface area (Å²) in [5.41, 5.74) is 1.65. The van der Waals surface area contributed by atoms with Gasteiger partial charge in [-0.25, -0.2) is 0 Å². The molecule has 0 radical (unpaired) electrons. The molecule has 0 saturated carbocycles. The van der Waals surface area contributed by atoms with E-state index in [2.05, 4.69) is 15.9 Å². The van der Waals surface area contributed by atoms with Crippen molar-refractivity contribution in [3.05, 3.63) is 35.4 Å². The second-order valence-electron chi connectivity index (χ2n) is 3.81. The van der Waals surface area contributed by atoms with Gasteiger partial charge in [-0.05, 0) is 25.0 Å². The zero-order chi connectivity index (χ0) is 14.3. The van der Waals surface area contributed by atoms with Gasteiger partial charge in [-0.2, -0.15) is 0 Å². The highest BCUT2D eigenvalue weighted by Crippen LogP contribution is 2.21. The predicted molar refractivity (Wildman–Crippen MR) is 75.1 cm³/mol. The van der Waals surface area contributed by atoms with Gasteiger partial charge < -0.3 is 9.47 Å². The molecule has 0 aliphatic heterocycles. The van der Waals surface area contributed by atoms with Gasteiger partial charge >= 0.3 is 11.9 Å². The minimum absolute atomic E-state index is 0.230. The second-order valence-corrected chi connectivity index (χ2v) is 4.37. The number of ether oxygens (including phenoxy) is 2. The molecular formula is C14H17BrO4. The molecule has 0 bridgehead atoms. The molecule has 1 rings (SSSR count). The predicted octanol–water partition coefficient (Wildman–Crippen LogP) is 2.79. The van der Waals surface area contributed by atoms with Crippen LogP contribution in [0.15, 0.2) is 24.3 Å². The van der Waals surface area contributed by atoms with Gasteiger partial charge in [0.15, 0.2) is 5.92 Å². The van der Waals surface area contributed by atoms with Crippen LogP contribution in [-0.2, 0) is 24.4 Å². The molecule has 1 aromatic carbocycles. The van der Waals surface area contributed by atoms with Gasteiger partial charge in [-0.1, -0.05) is 40.2 Å². The normalized spacial score (nSPS) is 10.3. The number of hydrogen-bond donors (Lipinski definition) is 0. The summed E-state index contributed by atoms with van der Waals surface area (Å²) in [5.74, 6) is -2.16. The third-order valence-electron chi connectivity index (χ3n) is 2.51. The monoisotopic (exact) mass is 328 g/mol. The lowest BCUT2D eigenvalue weighted by Gasteiger charge is -2.14. The molecule has 0 spiro atoms. The van der Waals surface area contributed by atoms with Gasteiger partial charge in [0.05, 0.1) is 13.2 Å². The number of benzene rings is 1. The van der Waals surface area contributed by atoms with Crippen molar-refractivity contribution < 1.29 is 19.1 Å². The van der Waals surface area contributed by atoms with Crippen molar-refractivity contribution in [1.29, 1.82) is 0 Å². The largest absolute Gasteiger partial charge is 0.465 e. The van der Waals surface area contributed by atoms with E-state index in [4.69, 9.17) is 9.47 Å². The zero-order valence-electron chi connectivity index (χ0n) is 11.0. The van der Waals surface area contributed by atoms with Crippen LogP contribution >= 0.6 is 15.9 Å². The Morgan fingerprint density at radius 2 is 1.53 bits per heavy atom. The minimum atomic E-state index is -1.01. The lowest BCUT2D eigenvalue weighted by Crippen LogP contribution is -2.26. The van der Waals surface area contributed by atoms with Crippen molar-refractivity contribution in [2.45, 2.75) is 25.1 Å². The second kappa shape index (κ2) is 7.94. The van der Waals surface area contributed by atoms with E-state index in [-0.39, 0.29) is 13.2 Å². The Labute approximate surface area is 121 Å². The van der Waals surface area contributed by atoms with Crippen molar-refractivity contribution >= 4 is 27.9 Å². The Morgan fingerprint density at radius 1 is 1.05 bits per heavy atom. The van der Waals surface area contributed by atoms with E-state index < -0.39 is 17.9 Å². The number of alkyl halides is 1. The van der Waals surface area contributed by atoms with Crippen LogP contribution in [0.25, 0.3) is 0 Å². The van der Waals surface area contributed by atoms with Crippen LogP contribution in [0.1, 0.15) is 30.9 Å². The summed E-state index contributed by atoms with van der Waals surface area (Å²) in [6, 6.07) is 7.20. The third kappa shape index (κ3) is 4.35. The van der Waals surface area contributed by atoms with Gasteiger partial charge in [0.25, 0.3) is 0 Å². The van der Waals surface area contributed by atoms with Crippen LogP contribution in [0.5, 0.6) is 0 Å². The molecule has 0 atom stereocenters. The summed E-state index contributed by atoms with van der Waals surface area (Å²) in [6.45, 7) is 3.87. The molecule has 0 fully saturated rings. The maximum absolute atomic E-state index is 11.9. The first kappa shape index (κ1) is 15.7. The minimum Gasteiger partial charge on any atom is -0.465 e. The maximum Gasteiger partial charge on any atom is 0.324 e. The van der Waals surface area contributed by atoms with Gasteiger partial charge in [0, 0.05) is 5.33 Å². The molecule has 0 aliphatic rings. The summed E-state index contributed by atoms with van der Waals surface area (Å²) in [6.07, 6.45) is 0. The van der Waals surface area contributed by atoms with E-state index in [0.29, 0.717) is 5.56 Å². The number of esters is 2. The van der Waals surface area contributed by atoms with E-state index in [9.17, 15) is 9.59 Å². The Balaban J connectivity index is 3.00. The van der Waals surface area contributed by atoms with Crippen LogP contribution in [0, 0.1) is 0 Å². The Bertz CT molecular complexity index is 410. The number of halogens is 1. The molecule has 104 valence electrons. The molecule has 0 aliphatic carbocycles. The van der Waals surface area contributed by atoms with E-state index in [1.165, 1.54) is 0 Å². The van der Waals surface area contributed by atoms with E-state index >= 15 is 0 Å². The van der Waals surface area contributed by atoms with Crippen molar-refractivity contribution in [3.8, 4) is 0 Å². The number of hydrogen-bond acceptors (Lipinski definition) is 4. The fourth-order valence-corrected chi connectivity index (χ4v) is 1.99. The Morgan fingerprint density at radius 3 is 1.89 bits per heavy atom. The maximum atomic E-state index is 11.9. The van der Waals surface area contributed by atoms with E-state index in [1.807, 2.05) is 12.1 Å². The SMILES string of the molecule is CCOC(=O)C(C(=O)OCC)c1ccc(CBr)cc1. The molecule has 0 amide bonds. The first-order valence-electron chi connectivity index (χ1n) is 6.12. The van der Waals surface area contributed by atoms with Crippen molar-refractivity contribution in [2.24, 2.45) is 0 Å². The molecule has 0 heterocycles. The Kier molecular flexibility index (Phi) is 6.56. The van der Waals surface area contributed by atoms with Crippen LogP contribution in [-0.4, -0.2) is 25.2 Å². The van der Waals surface area contributed by atoms with Gasteiger partial charge in [-0.15, -0.1) is 0 Å².